The molecule has 1 amide bonds. The molecular weight excluding hydrogens is 382 g/mol. The van der Waals surface area contributed by atoms with Gasteiger partial charge in [-0.1, -0.05) is 18.2 Å². The number of hydrazone groups is 1. The number of amides is 1. The number of nitrogens with one attached hydrogen (secondary N) is 1. The van der Waals surface area contributed by atoms with Gasteiger partial charge in [-0.05, 0) is 60.2 Å². The minimum absolute atomic E-state index is 0.145. The lowest BCUT2D eigenvalue weighted by atomic mass is 10.0. The molecule has 4 rings (SSSR count). The van der Waals surface area contributed by atoms with Gasteiger partial charge in [-0.25, -0.2) is 10.4 Å². The predicted molar refractivity (Wildman–Crippen MR) is 114 cm³/mol. The maximum Gasteiger partial charge on any atom is 0.272 e. The van der Waals surface area contributed by atoms with Gasteiger partial charge < -0.3 is 15.3 Å². The van der Waals surface area contributed by atoms with Gasteiger partial charge in [0.05, 0.1) is 23.0 Å². The fraction of sp³-hybridized carbons (Fsp3) is 0. The van der Waals surface area contributed by atoms with Crippen LogP contribution in [0.1, 0.15) is 15.9 Å². The highest BCUT2D eigenvalue weighted by atomic mass is 16.3. The van der Waals surface area contributed by atoms with Gasteiger partial charge in [-0.15, -0.1) is 0 Å². The molecule has 7 nitrogen and oxygen atoms in total. The first kappa shape index (κ1) is 18.9. The summed E-state index contributed by atoms with van der Waals surface area (Å²) < 4.78 is 0. The Bertz CT molecular complexity index is 1270. The summed E-state index contributed by atoms with van der Waals surface area (Å²) in [5.74, 6) is -0.787. The second-order valence-electron chi connectivity index (χ2n) is 6.57. The lowest BCUT2D eigenvalue weighted by molar-refractivity contribution is 0.0956. The third kappa shape index (κ3) is 3.90. The molecule has 0 saturated heterocycles. The molecule has 0 aliphatic rings. The Morgan fingerprint density at radius 3 is 2.43 bits per heavy atom. The summed E-state index contributed by atoms with van der Waals surface area (Å²) in [6.07, 6.45) is 1.36. The molecule has 7 heteroatoms. The Balaban J connectivity index is 1.66. The first-order valence-electron chi connectivity index (χ1n) is 9.06. The van der Waals surface area contributed by atoms with Gasteiger partial charge >= 0.3 is 0 Å². The van der Waals surface area contributed by atoms with Crippen molar-refractivity contribution in [2.45, 2.75) is 0 Å². The Kier molecular flexibility index (Phi) is 5.00. The minimum Gasteiger partial charge on any atom is -0.508 e. The number of benzene rings is 3. The van der Waals surface area contributed by atoms with Gasteiger partial charge in [0.15, 0.2) is 11.5 Å². The number of fused-ring (bicyclic) bond motifs is 1. The average Bonchev–Trinajstić information content (AvgIpc) is 2.76. The summed E-state index contributed by atoms with van der Waals surface area (Å²) in [5, 5.41) is 33.0. The summed E-state index contributed by atoms with van der Waals surface area (Å²) in [6.45, 7) is 0. The van der Waals surface area contributed by atoms with Gasteiger partial charge in [0.1, 0.15) is 5.75 Å². The van der Waals surface area contributed by atoms with E-state index in [2.05, 4.69) is 15.5 Å². The molecule has 30 heavy (non-hydrogen) atoms. The monoisotopic (exact) mass is 399 g/mol. The lowest BCUT2D eigenvalue weighted by Crippen LogP contribution is -2.18. The van der Waals surface area contributed by atoms with Crippen molar-refractivity contribution in [1.29, 1.82) is 0 Å². The normalized spacial score (nSPS) is 11.1. The number of pyridine rings is 1. The second-order valence-corrected chi connectivity index (χ2v) is 6.57. The Hall–Kier alpha value is -4.39. The van der Waals surface area contributed by atoms with E-state index in [0.717, 1.165) is 5.56 Å². The number of hydrogen-bond acceptors (Lipinski definition) is 6. The molecule has 0 unspecified atom stereocenters. The van der Waals surface area contributed by atoms with Gasteiger partial charge in [-0.2, -0.15) is 5.10 Å². The van der Waals surface area contributed by atoms with E-state index in [9.17, 15) is 20.1 Å². The van der Waals surface area contributed by atoms with E-state index in [-0.39, 0.29) is 17.2 Å². The van der Waals surface area contributed by atoms with Gasteiger partial charge in [0, 0.05) is 10.9 Å². The van der Waals surface area contributed by atoms with E-state index < -0.39 is 5.91 Å². The zero-order valence-corrected chi connectivity index (χ0v) is 15.6. The number of hydrogen-bond donors (Lipinski definition) is 4. The molecule has 0 aliphatic heterocycles. The molecule has 3 aromatic carbocycles. The van der Waals surface area contributed by atoms with Crippen LogP contribution >= 0.6 is 0 Å². The quantitative estimate of drug-likeness (QED) is 0.237. The van der Waals surface area contributed by atoms with Crippen LogP contribution in [0.5, 0.6) is 17.2 Å². The topological polar surface area (TPSA) is 115 Å². The molecule has 0 atom stereocenters. The number of phenols is 3. The summed E-state index contributed by atoms with van der Waals surface area (Å²) in [7, 11) is 0. The van der Waals surface area contributed by atoms with Crippen LogP contribution in [0.3, 0.4) is 0 Å². The van der Waals surface area contributed by atoms with E-state index >= 15 is 0 Å². The van der Waals surface area contributed by atoms with Crippen LogP contribution in [-0.4, -0.2) is 32.4 Å². The van der Waals surface area contributed by atoms with Crippen LogP contribution in [-0.2, 0) is 0 Å². The number of aromatic nitrogens is 1. The number of para-hydroxylation sites is 1. The van der Waals surface area contributed by atoms with Crippen LogP contribution in [0.15, 0.2) is 77.9 Å². The first-order valence-corrected chi connectivity index (χ1v) is 9.06. The number of phenolic OH excluding ortho intramolecular Hbond substituents is 3. The van der Waals surface area contributed by atoms with Crippen molar-refractivity contribution < 1.29 is 20.1 Å². The summed E-state index contributed by atoms with van der Waals surface area (Å²) >= 11 is 0. The highest BCUT2D eigenvalue weighted by Gasteiger charge is 2.13. The van der Waals surface area contributed by atoms with E-state index in [1.807, 2.05) is 18.2 Å². The number of aromatic hydroxyl groups is 3. The van der Waals surface area contributed by atoms with Crippen molar-refractivity contribution in [2.24, 2.45) is 5.10 Å². The fourth-order valence-electron chi connectivity index (χ4n) is 2.99. The second kappa shape index (κ2) is 7.92. The third-order valence-corrected chi connectivity index (χ3v) is 4.50. The predicted octanol–water partition coefficient (Wildman–Crippen LogP) is 3.78. The lowest BCUT2D eigenvalue weighted by Gasteiger charge is -2.09. The first-order chi connectivity index (χ1) is 14.5. The molecule has 4 aromatic rings. The van der Waals surface area contributed by atoms with E-state index in [4.69, 9.17) is 0 Å². The molecule has 4 N–H and O–H groups in total. The van der Waals surface area contributed by atoms with Crippen molar-refractivity contribution >= 4 is 23.0 Å². The molecule has 0 bridgehead atoms. The Labute approximate surface area is 171 Å². The number of carbonyl (C=O) groups excluding carboxylic acids is 1. The van der Waals surface area contributed by atoms with E-state index in [0.29, 0.717) is 27.7 Å². The van der Waals surface area contributed by atoms with E-state index in [1.165, 1.54) is 18.3 Å². The van der Waals surface area contributed by atoms with Crippen molar-refractivity contribution in [3.63, 3.8) is 0 Å². The largest absolute Gasteiger partial charge is 0.508 e. The summed E-state index contributed by atoms with van der Waals surface area (Å²) in [5.41, 5.74) is 5.39. The molecule has 0 saturated carbocycles. The van der Waals surface area contributed by atoms with Crippen LogP contribution in [0, 0.1) is 0 Å². The van der Waals surface area contributed by atoms with Crippen LogP contribution < -0.4 is 5.43 Å². The van der Waals surface area contributed by atoms with Crippen molar-refractivity contribution in [1.82, 2.24) is 10.4 Å². The Morgan fingerprint density at radius 1 is 0.900 bits per heavy atom. The van der Waals surface area contributed by atoms with Crippen LogP contribution in [0.2, 0.25) is 0 Å². The standard InChI is InChI=1S/C23H17N3O4/c27-16-8-6-15(7-9-16)20-12-18(17-3-1-2-4-19(17)25-20)23(30)26-24-13-14-5-10-21(28)22(29)11-14/h1-13,27-29H,(H,26,30). The smallest absolute Gasteiger partial charge is 0.272 e. The van der Waals surface area contributed by atoms with E-state index in [1.54, 1.807) is 42.5 Å². The van der Waals surface area contributed by atoms with Crippen molar-refractivity contribution in [3.05, 3.63) is 83.9 Å². The van der Waals surface area contributed by atoms with Gasteiger partial charge in [-0.3, -0.25) is 4.79 Å². The molecule has 1 heterocycles. The van der Waals surface area contributed by atoms with Crippen molar-refractivity contribution in [2.75, 3.05) is 0 Å². The summed E-state index contributed by atoms with van der Waals surface area (Å²) in [4.78, 5) is 17.4. The number of carbonyl (C=O) groups is 1. The SMILES string of the molecule is O=C(NN=Cc1ccc(O)c(O)c1)c1cc(-c2ccc(O)cc2)nc2ccccc12. The van der Waals surface area contributed by atoms with Crippen molar-refractivity contribution in [3.8, 4) is 28.5 Å². The van der Waals surface area contributed by atoms with Gasteiger partial charge in [0.25, 0.3) is 5.91 Å². The molecule has 0 aliphatic carbocycles. The maximum atomic E-state index is 12.8. The average molecular weight is 399 g/mol. The maximum absolute atomic E-state index is 12.8. The fourth-order valence-corrected chi connectivity index (χ4v) is 2.99. The van der Waals surface area contributed by atoms with Crippen LogP contribution in [0.4, 0.5) is 0 Å². The molecule has 148 valence electrons. The zero-order valence-electron chi connectivity index (χ0n) is 15.6. The number of nitrogens with zero attached hydrogens (tertiary/aromatic N) is 2. The summed E-state index contributed by atoms with van der Waals surface area (Å²) in [6, 6.07) is 19.7. The third-order valence-electron chi connectivity index (χ3n) is 4.50. The molecular formula is C23H17N3O4. The van der Waals surface area contributed by atoms with Crippen LogP contribution in [0.25, 0.3) is 22.2 Å². The molecule has 0 radical (unpaired) electrons. The van der Waals surface area contributed by atoms with Gasteiger partial charge in [0.2, 0.25) is 0 Å². The minimum atomic E-state index is -0.423. The zero-order chi connectivity index (χ0) is 21.1. The highest BCUT2D eigenvalue weighted by Crippen LogP contribution is 2.26. The highest BCUT2D eigenvalue weighted by molar-refractivity contribution is 6.07. The molecule has 1 aromatic heterocycles. The number of rotatable bonds is 4. The Morgan fingerprint density at radius 2 is 1.67 bits per heavy atom. The molecule has 0 spiro atoms. The molecule has 0 fully saturated rings.